The van der Waals surface area contributed by atoms with Crippen LogP contribution in [0.2, 0.25) is 0 Å². The average Bonchev–Trinajstić information content (AvgIpc) is 2.67. The van der Waals surface area contributed by atoms with Gasteiger partial charge in [0, 0.05) is 21.6 Å². The monoisotopic (exact) mass is 324 g/mol. The molecular weight excluding hydrogens is 312 g/mol. The van der Waals surface area contributed by atoms with Crippen LogP contribution in [0.15, 0.2) is 34.8 Å². The predicted molar refractivity (Wildman–Crippen MR) is 78.8 cm³/mol. The molecule has 0 bridgehead atoms. The SMILES string of the molecule is Cc1sc(C(=O)NCc2cccc(Br)c2)cc1N. The quantitative estimate of drug-likeness (QED) is 0.909. The van der Waals surface area contributed by atoms with Crippen molar-refractivity contribution in [2.45, 2.75) is 13.5 Å². The first-order chi connectivity index (χ1) is 8.56. The van der Waals surface area contributed by atoms with Gasteiger partial charge in [0.1, 0.15) is 0 Å². The second-order valence-electron chi connectivity index (χ2n) is 3.93. The van der Waals surface area contributed by atoms with Gasteiger partial charge in [-0.2, -0.15) is 0 Å². The van der Waals surface area contributed by atoms with Crippen molar-refractivity contribution in [3.05, 3.63) is 50.1 Å². The molecule has 0 saturated carbocycles. The lowest BCUT2D eigenvalue weighted by Crippen LogP contribution is -2.21. The molecule has 0 radical (unpaired) electrons. The highest BCUT2D eigenvalue weighted by Crippen LogP contribution is 2.23. The summed E-state index contributed by atoms with van der Waals surface area (Å²) in [6.45, 7) is 2.42. The largest absolute Gasteiger partial charge is 0.398 e. The summed E-state index contributed by atoms with van der Waals surface area (Å²) in [5.74, 6) is -0.0835. The minimum Gasteiger partial charge on any atom is -0.398 e. The van der Waals surface area contributed by atoms with Gasteiger partial charge < -0.3 is 11.1 Å². The van der Waals surface area contributed by atoms with Crippen molar-refractivity contribution in [2.24, 2.45) is 0 Å². The van der Waals surface area contributed by atoms with Gasteiger partial charge in [0.05, 0.1) is 4.88 Å². The molecule has 0 aliphatic rings. The topological polar surface area (TPSA) is 55.1 Å². The van der Waals surface area contributed by atoms with Gasteiger partial charge in [0.25, 0.3) is 5.91 Å². The molecule has 1 heterocycles. The number of nitrogen functional groups attached to an aromatic ring is 1. The van der Waals surface area contributed by atoms with E-state index in [4.69, 9.17) is 5.73 Å². The highest BCUT2D eigenvalue weighted by molar-refractivity contribution is 9.10. The Kier molecular flexibility index (Phi) is 4.04. The third-order valence-electron chi connectivity index (χ3n) is 2.52. The molecule has 94 valence electrons. The van der Waals surface area contributed by atoms with Gasteiger partial charge in [-0.05, 0) is 30.7 Å². The fourth-order valence-corrected chi connectivity index (χ4v) is 2.83. The number of nitrogens with one attached hydrogen (secondary N) is 1. The second-order valence-corrected chi connectivity index (χ2v) is 6.11. The van der Waals surface area contributed by atoms with Crippen LogP contribution < -0.4 is 11.1 Å². The molecule has 5 heteroatoms. The maximum Gasteiger partial charge on any atom is 0.261 e. The molecule has 2 aromatic rings. The highest BCUT2D eigenvalue weighted by Gasteiger charge is 2.10. The number of aryl methyl sites for hydroxylation is 1. The number of carbonyl (C=O) groups excluding carboxylic acids is 1. The van der Waals surface area contributed by atoms with Crippen molar-refractivity contribution in [3.8, 4) is 0 Å². The van der Waals surface area contributed by atoms with Crippen molar-refractivity contribution in [1.29, 1.82) is 0 Å². The van der Waals surface area contributed by atoms with Crippen LogP contribution in [0.1, 0.15) is 20.1 Å². The molecule has 1 aromatic heterocycles. The zero-order valence-electron chi connectivity index (χ0n) is 9.87. The summed E-state index contributed by atoms with van der Waals surface area (Å²) in [5, 5.41) is 2.88. The second kappa shape index (κ2) is 5.54. The van der Waals surface area contributed by atoms with Gasteiger partial charge in [-0.3, -0.25) is 4.79 Å². The Morgan fingerprint density at radius 1 is 1.44 bits per heavy atom. The van der Waals surface area contributed by atoms with Gasteiger partial charge in [-0.1, -0.05) is 28.1 Å². The summed E-state index contributed by atoms with van der Waals surface area (Å²) in [4.78, 5) is 13.5. The van der Waals surface area contributed by atoms with E-state index >= 15 is 0 Å². The van der Waals surface area contributed by atoms with Crippen LogP contribution in [0.5, 0.6) is 0 Å². The summed E-state index contributed by atoms with van der Waals surface area (Å²) in [7, 11) is 0. The summed E-state index contributed by atoms with van der Waals surface area (Å²) in [6.07, 6.45) is 0. The molecular formula is C13H13BrN2OS. The molecule has 1 aromatic carbocycles. The van der Waals surface area contributed by atoms with E-state index in [1.807, 2.05) is 31.2 Å². The number of carbonyl (C=O) groups is 1. The van der Waals surface area contributed by atoms with Crippen LogP contribution >= 0.6 is 27.3 Å². The van der Waals surface area contributed by atoms with Crippen LogP contribution in [0, 0.1) is 6.92 Å². The minimum absolute atomic E-state index is 0.0835. The number of amides is 1. The number of halogens is 1. The van der Waals surface area contributed by atoms with E-state index < -0.39 is 0 Å². The van der Waals surface area contributed by atoms with Crippen molar-refractivity contribution in [1.82, 2.24) is 5.32 Å². The Bertz CT molecular complexity index is 561. The predicted octanol–water partition coefficient (Wildman–Crippen LogP) is 3.33. The Morgan fingerprint density at radius 3 is 2.83 bits per heavy atom. The molecule has 0 spiro atoms. The first-order valence-corrected chi connectivity index (χ1v) is 7.06. The van der Waals surface area contributed by atoms with Crippen molar-refractivity contribution in [3.63, 3.8) is 0 Å². The van der Waals surface area contributed by atoms with Gasteiger partial charge >= 0.3 is 0 Å². The number of thiophene rings is 1. The van der Waals surface area contributed by atoms with E-state index in [-0.39, 0.29) is 5.91 Å². The van der Waals surface area contributed by atoms with Crippen molar-refractivity contribution >= 4 is 38.9 Å². The van der Waals surface area contributed by atoms with E-state index in [0.717, 1.165) is 14.9 Å². The number of benzene rings is 1. The molecule has 0 fully saturated rings. The van der Waals surface area contributed by atoms with E-state index in [2.05, 4.69) is 21.2 Å². The van der Waals surface area contributed by atoms with E-state index in [9.17, 15) is 4.79 Å². The first kappa shape index (κ1) is 13.1. The summed E-state index contributed by atoms with van der Waals surface area (Å²) >= 11 is 4.81. The normalized spacial score (nSPS) is 10.3. The molecule has 0 aliphatic heterocycles. The molecule has 3 N–H and O–H groups in total. The zero-order chi connectivity index (χ0) is 13.1. The molecule has 18 heavy (non-hydrogen) atoms. The van der Waals surface area contributed by atoms with Crippen LogP contribution in [-0.2, 0) is 6.54 Å². The summed E-state index contributed by atoms with van der Waals surface area (Å²) in [6, 6.07) is 9.57. The van der Waals surface area contributed by atoms with Gasteiger partial charge in [0.2, 0.25) is 0 Å². The zero-order valence-corrected chi connectivity index (χ0v) is 12.3. The van der Waals surface area contributed by atoms with E-state index in [1.54, 1.807) is 6.07 Å². The van der Waals surface area contributed by atoms with Crippen LogP contribution in [0.4, 0.5) is 5.69 Å². The Balaban J connectivity index is 2.00. The minimum atomic E-state index is -0.0835. The first-order valence-electron chi connectivity index (χ1n) is 5.45. The standard InChI is InChI=1S/C13H13BrN2OS/c1-8-11(15)6-12(18-8)13(17)16-7-9-3-2-4-10(14)5-9/h2-6H,7,15H2,1H3,(H,16,17). The fourth-order valence-electron chi connectivity index (χ4n) is 1.52. The Labute approximate surface area is 118 Å². The van der Waals surface area contributed by atoms with Gasteiger partial charge in [-0.25, -0.2) is 0 Å². The van der Waals surface area contributed by atoms with Crippen LogP contribution in [0.3, 0.4) is 0 Å². The molecule has 0 saturated heterocycles. The maximum atomic E-state index is 11.9. The van der Waals surface area contributed by atoms with Crippen LogP contribution in [0.25, 0.3) is 0 Å². The smallest absolute Gasteiger partial charge is 0.261 e. The Hall–Kier alpha value is -1.33. The molecule has 1 amide bonds. The highest BCUT2D eigenvalue weighted by atomic mass is 79.9. The van der Waals surface area contributed by atoms with Gasteiger partial charge in [-0.15, -0.1) is 11.3 Å². The molecule has 2 rings (SSSR count). The van der Waals surface area contributed by atoms with E-state index in [0.29, 0.717) is 17.1 Å². The van der Waals surface area contributed by atoms with Gasteiger partial charge in [0.15, 0.2) is 0 Å². The number of rotatable bonds is 3. The molecule has 3 nitrogen and oxygen atoms in total. The van der Waals surface area contributed by atoms with Crippen molar-refractivity contribution < 1.29 is 4.79 Å². The molecule has 0 atom stereocenters. The van der Waals surface area contributed by atoms with Crippen molar-refractivity contribution in [2.75, 3.05) is 5.73 Å². The summed E-state index contributed by atoms with van der Waals surface area (Å²) < 4.78 is 1.01. The van der Waals surface area contributed by atoms with E-state index in [1.165, 1.54) is 11.3 Å². The third-order valence-corrected chi connectivity index (χ3v) is 4.08. The number of nitrogens with two attached hydrogens (primary N) is 1. The Morgan fingerprint density at radius 2 is 2.22 bits per heavy atom. The lowest BCUT2D eigenvalue weighted by molar-refractivity contribution is 0.0955. The average molecular weight is 325 g/mol. The fraction of sp³-hybridized carbons (Fsp3) is 0.154. The lowest BCUT2D eigenvalue weighted by atomic mass is 10.2. The number of hydrogen-bond donors (Lipinski definition) is 2. The molecule has 0 aliphatic carbocycles. The third kappa shape index (κ3) is 3.11. The summed E-state index contributed by atoms with van der Waals surface area (Å²) in [5.41, 5.74) is 7.46. The number of anilines is 1. The maximum absolute atomic E-state index is 11.9. The molecule has 0 unspecified atom stereocenters. The van der Waals surface area contributed by atoms with Crippen LogP contribution in [-0.4, -0.2) is 5.91 Å². The number of hydrogen-bond acceptors (Lipinski definition) is 3. The lowest BCUT2D eigenvalue weighted by Gasteiger charge is -2.04.